The summed E-state index contributed by atoms with van der Waals surface area (Å²) >= 11 is 0. The summed E-state index contributed by atoms with van der Waals surface area (Å²) in [5.41, 5.74) is 8.96. The van der Waals surface area contributed by atoms with E-state index in [2.05, 4.69) is 40.7 Å². The predicted octanol–water partition coefficient (Wildman–Crippen LogP) is 2.88. The second kappa shape index (κ2) is 16.4. The van der Waals surface area contributed by atoms with Crippen LogP contribution in [0.15, 0.2) is 65.7 Å². The first-order chi connectivity index (χ1) is 22.5. The van der Waals surface area contributed by atoms with Crippen molar-refractivity contribution < 1.29 is 14.3 Å². The number of anilines is 2. The Labute approximate surface area is 267 Å². The molecule has 1 saturated heterocycles. The first kappa shape index (κ1) is 32.5. The Bertz CT molecular complexity index is 1590. The molecule has 46 heavy (non-hydrogen) atoms. The number of aromatic amines is 2. The zero-order valence-electron chi connectivity index (χ0n) is 25.8. The number of nitrogens with two attached hydrogens (primary N) is 1. The zero-order chi connectivity index (χ0) is 32.1. The maximum Gasteiger partial charge on any atom is 0.340 e. The lowest BCUT2D eigenvalue weighted by Gasteiger charge is -2.26. The number of H-pyrrole nitrogens is 2. The highest BCUT2D eigenvalue weighted by Crippen LogP contribution is 2.23. The Hall–Kier alpha value is -4.88. The van der Waals surface area contributed by atoms with Gasteiger partial charge >= 0.3 is 5.69 Å². The molecule has 0 spiro atoms. The molecule has 13 heteroatoms. The van der Waals surface area contributed by atoms with Crippen LogP contribution in [0.1, 0.15) is 37.7 Å². The number of morpholine rings is 1. The van der Waals surface area contributed by atoms with Gasteiger partial charge in [-0.3, -0.25) is 14.6 Å². The lowest BCUT2D eigenvalue weighted by molar-refractivity contribution is -0.121. The molecule has 4 aromatic rings. The van der Waals surface area contributed by atoms with E-state index in [1.54, 1.807) is 36.7 Å². The average molecular weight is 628 g/mol. The van der Waals surface area contributed by atoms with Gasteiger partial charge in [-0.15, -0.1) is 0 Å². The van der Waals surface area contributed by atoms with Crippen LogP contribution in [0.3, 0.4) is 0 Å². The first-order valence-electron chi connectivity index (χ1n) is 15.7. The zero-order valence-corrected chi connectivity index (χ0v) is 25.8. The second-order valence-electron chi connectivity index (χ2n) is 11.4. The highest BCUT2D eigenvalue weighted by Gasteiger charge is 2.19. The van der Waals surface area contributed by atoms with E-state index in [9.17, 15) is 14.4 Å². The summed E-state index contributed by atoms with van der Waals surface area (Å²) in [7, 11) is 0. The fraction of sp³-hybridized carbons (Fsp3) is 0.394. The molecule has 2 amide bonds. The minimum absolute atomic E-state index is 0.289. The maximum absolute atomic E-state index is 13.0. The smallest absolute Gasteiger partial charge is 0.340 e. The van der Waals surface area contributed by atoms with Crippen LogP contribution in [0, 0.1) is 5.92 Å². The third kappa shape index (κ3) is 9.08. The van der Waals surface area contributed by atoms with E-state index in [1.807, 2.05) is 24.3 Å². The topological polar surface area (TPSA) is 184 Å². The number of rotatable bonds is 10. The van der Waals surface area contributed by atoms with E-state index in [1.165, 1.54) is 32.1 Å². The van der Waals surface area contributed by atoms with Crippen molar-refractivity contribution in [2.75, 3.05) is 43.1 Å². The van der Waals surface area contributed by atoms with Crippen molar-refractivity contribution in [3.05, 3.63) is 77.0 Å². The molecule has 1 saturated carbocycles. The number of nitrogens with one attached hydrogen (secondary N) is 4. The fourth-order valence-corrected chi connectivity index (χ4v) is 5.59. The number of benzene rings is 2. The number of ether oxygens (including phenoxy) is 1. The highest BCUT2D eigenvalue weighted by atomic mass is 16.5. The van der Waals surface area contributed by atoms with Crippen molar-refractivity contribution in [3.63, 3.8) is 0 Å². The second-order valence-corrected chi connectivity index (χ2v) is 11.4. The standard InChI is InChI=1S/C26H26N8O4.C7H15N/c35-16-29-22(24(36)30-21-6-4-18(5-7-21)23-31-26(37)33-32-23)13-17-2-1-3-19(12-17)20-14-27-25(28-15-20)34-8-10-38-11-9-34;8-6-7-4-2-1-3-5-7/h1-7,12,14-16,22H,8-11,13H2,(H,29,35)(H,30,36)(H2,31,32,33,37);7H,1-6,8H2/t22-;/m0./s1. The molecule has 2 aliphatic rings. The Balaban J connectivity index is 0.000000455. The van der Waals surface area contributed by atoms with Crippen molar-refractivity contribution >= 4 is 24.0 Å². The van der Waals surface area contributed by atoms with Gasteiger partial charge in [-0.1, -0.05) is 43.5 Å². The molecule has 6 rings (SSSR count). The van der Waals surface area contributed by atoms with Gasteiger partial charge in [0.05, 0.1) is 13.2 Å². The summed E-state index contributed by atoms with van der Waals surface area (Å²) in [6, 6.07) is 13.8. The molecular weight excluding hydrogens is 586 g/mol. The van der Waals surface area contributed by atoms with Gasteiger partial charge in [0.1, 0.15) is 6.04 Å². The summed E-state index contributed by atoms with van der Waals surface area (Å²) in [6.45, 7) is 3.76. The third-order valence-electron chi connectivity index (χ3n) is 8.20. The van der Waals surface area contributed by atoms with Gasteiger partial charge in [-0.05, 0) is 60.7 Å². The third-order valence-corrected chi connectivity index (χ3v) is 8.20. The summed E-state index contributed by atoms with van der Waals surface area (Å²) in [4.78, 5) is 49.2. The highest BCUT2D eigenvalue weighted by molar-refractivity contribution is 5.96. The number of hydrogen-bond acceptors (Lipinski definition) is 9. The molecule has 2 aromatic heterocycles. The van der Waals surface area contributed by atoms with Gasteiger partial charge in [0.25, 0.3) is 0 Å². The number of nitrogens with zero attached hydrogens (tertiary/aromatic N) is 4. The average Bonchev–Trinajstić information content (AvgIpc) is 3.55. The molecule has 0 unspecified atom stereocenters. The molecule has 0 radical (unpaired) electrons. The van der Waals surface area contributed by atoms with E-state index < -0.39 is 11.7 Å². The molecule has 1 aliphatic carbocycles. The number of aromatic nitrogens is 5. The molecular formula is C33H41N9O4. The quantitative estimate of drug-likeness (QED) is 0.165. The number of amides is 2. The monoisotopic (exact) mass is 627 g/mol. The predicted molar refractivity (Wildman–Crippen MR) is 176 cm³/mol. The van der Waals surface area contributed by atoms with E-state index >= 15 is 0 Å². The van der Waals surface area contributed by atoms with Crippen molar-refractivity contribution in [1.82, 2.24) is 30.5 Å². The van der Waals surface area contributed by atoms with Crippen LogP contribution < -0.4 is 27.0 Å². The van der Waals surface area contributed by atoms with E-state index in [0.717, 1.165) is 42.2 Å². The molecule has 242 valence electrons. The van der Waals surface area contributed by atoms with Crippen LogP contribution in [-0.2, 0) is 20.7 Å². The Morgan fingerprint density at radius 3 is 2.39 bits per heavy atom. The molecule has 3 heterocycles. The number of hydrogen-bond donors (Lipinski definition) is 5. The van der Waals surface area contributed by atoms with Crippen molar-refractivity contribution in [1.29, 1.82) is 0 Å². The maximum atomic E-state index is 13.0. The van der Waals surface area contributed by atoms with Crippen LogP contribution in [0.4, 0.5) is 11.6 Å². The van der Waals surface area contributed by atoms with Gasteiger partial charge in [0.15, 0.2) is 5.82 Å². The summed E-state index contributed by atoms with van der Waals surface area (Å²) in [6.07, 6.45) is 11.4. The molecule has 6 N–H and O–H groups in total. The van der Waals surface area contributed by atoms with E-state index in [0.29, 0.717) is 42.6 Å². The fourth-order valence-electron chi connectivity index (χ4n) is 5.59. The SMILES string of the molecule is NCC1CCCCC1.O=CN[C@@H](Cc1cccc(-c2cnc(N3CCOCC3)nc2)c1)C(=O)Nc1ccc(-c2n[nH]c(=O)[nH]2)cc1. The largest absolute Gasteiger partial charge is 0.378 e. The van der Waals surface area contributed by atoms with Crippen LogP contribution in [0.2, 0.25) is 0 Å². The van der Waals surface area contributed by atoms with Gasteiger partial charge < -0.3 is 26.0 Å². The number of carbonyl (C=O) groups excluding carboxylic acids is 2. The molecule has 2 aromatic carbocycles. The van der Waals surface area contributed by atoms with Crippen LogP contribution >= 0.6 is 0 Å². The van der Waals surface area contributed by atoms with Gasteiger partial charge in [0, 0.05) is 48.7 Å². The summed E-state index contributed by atoms with van der Waals surface area (Å²) < 4.78 is 5.38. The molecule has 2 fully saturated rings. The molecule has 1 atom stereocenters. The van der Waals surface area contributed by atoms with Crippen molar-refractivity contribution in [2.45, 2.75) is 44.6 Å². The first-order valence-corrected chi connectivity index (χ1v) is 15.7. The Kier molecular flexibility index (Phi) is 11.6. The van der Waals surface area contributed by atoms with Crippen LogP contribution in [0.5, 0.6) is 0 Å². The lowest BCUT2D eigenvalue weighted by Crippen LogP contribution is -2.41. The summed E-state index contributed by atoms with van der Waals surface area (Å²) in [5.74, 6) is 1.57. The van der Waals surface area contributed by atoms with Gasteiger partial charge in [-0.2, -0.15) is 5.10 Å². The molecule has 13 nitrogen and oxygen atoms in total. The minimum Gasteiger partial charge on any atom is -0.378 e. The minimum atomic E-state index is -0.787. The van der Waals surface area contributed by atoms with Crippen LogP contribution in [0.25, 0.3) is 22.5 Å². The van der Waals surface area contributed by atoms with E-state index in [-0.39, 0.29) is 12.3 Å². The Morgan fingerprint density at radius 2 is 1.76 bits per heavy atom. The molecule has 0 bridgehead atoms. The van der Waals surface area contributed by atoms with Crippen molar-refractivity contribution in [3.8, 4) is 22.5 Å². The van der Waals surface area contributed by atoms with Gasteiger partial charge in [0.2, 0.25) is 18.3 Å². The Morgan fingerprint density at radius 1 is 1.02 bits per heavy atom. The van der Waals surface area contributed by atoms with Gasteiger partial charge in [-0.25, -0.2) is 19.9 Å². The van der Waals surface area contributed by atoms with Crippen LogP contribution in [-0.4, -0.2) is 76.4 Å². The van der Waals surface area contributed by atoms with E-state index in [4.69, 9.17) is 10.5 Å². The van der Waals surface area contributed by atoms with Crippen molar-refractivity contribution in [2.24, 2.45) is 11.7 Å². The summed E-state index contributed by atoms with van der Waals surface area (Å²) in [5, 5.41) is 11.6. The normalized spacial score (nSPS) is 15.7. The number of carbonyl (C=O) groups is 2. The molecule has 1 aliphatic heterocycles. The lowest BCUT2D eigenvalue weighted by atomic mass is 9.90.